The summed E-state index contributed by atoms with van der Waals surface area (Å²) in [5, 5.41) is 3.27. The number of fused-ring (bicyclic) bond motifs is 2. The molecule has 3 rings (SSSR count). The van der Waals surface area contributed by atoms with E-state index < -0.39 is 5.60 Å². The second-order valence-electron chi connectivity index (χ2n) is 9.15. The normalized spacial score (nSPS) is 29.8. The van der Waals surface area contributed by atoms with Gasteiger partial charge < -0.3 is 19.9 Å². The first-order valence-electron chi connectivity index (χ1n) is 10.3. The van der Waals surface area contributed by atoms with Crippen LogP contribution in [0.25, 0.3) is 0 Å². The molecule has 6 heteroatoms. The largest absolute Gasteiger partial charge is 0.444 e. The number of hydrogen-bond acceptors (Lipinski definition) is 4. The van der Waals surface area contributed by atoms with Crippen LogP contribution in [0.2, 0.25) is 0 Å². The van der Waals surface area contributed by atoms with Crippen molar-refractivity contribution in [2.24, 2.45) is 5.92 Å². The zero-order valence-electron chi connectivity index (χ0n) is 16.8. The van der Waals surface area contributed by atoms with Gasteiger partial charge in [-0.15, -0.1) is 0 Å². The number of rotatable bonds is 4. The van der Waals surface area contributed by atoms with Gasteiger partial charge in [0, 0.05) is 31.2 Å². The van der Waals surface area contributed by atoms with Crippen molar-refractivity contribution in [1.82, 2.24) is 15.1 Å². The molecule has 3 fully saturated rings. The molecule has 6 nitrogen and oxygen atoms in total. The number of carbonyl (C=O) groups excluding carboxylic acids is 2. The van der Waals surface area contributed by atoms with E-state index in [9.17, 15) is 9.59 Å². The number of carbonyl (C=O) groups is 2. The first-order valence-corrected chi connectivity index (χ1v) is 10.3. The lowest BCUT2D eigenvalue weighted by molar-refractivity contribution is -0.126. The van der Waals surface area contributed by atoms with Gasteiger partial charge in [-0.2, -0.15) is 0 Å². The maximum Gasteiger partial charge on any atom is 0.410 e. The molecule has 3 saturated heterocycles. The number of ether oxygens (including phenoxy) is 1. The summed E-state index contributed by atoms with van der Waals surface area (Å²) in [7, 11) is 0. The van der Waals surface area contributed by atoms with Crippen molar-refractivity contribution in [3.63, 3.8) is 0 Å². The van der Waals surface area contributed by atoms with Gasteiger partial charge in [-0.1, -0.05) is 6.92 Å². The van der Waals surface area contributed by atoms with Crippen LogP contribution in [-0.2, 0) is 9.53 Å². The molecule has 3 heterocycles. The van der Waals surface area contributed by atoms with Crippen LogP contribution >= 0.6 is 0 Å². The minimum absolute atomic E-state index is 0.00929. The van der Waals surface area contributed by atoms with Gasteiger partial charge in [0.05, 0.1) is 5.92 Å². The Morgan fingerprint density at radius 2 is 1.81 bits per heavy atom. The molecule has 26 heavy (non-hydrogen) atoms. The summed E-state index contributed by atoms with van der Waals surface area (Å²) in [6.07, 6.45) is 5.67. The minimum Gasteiger partial charge on any atom is -0.444 e. The van der Waals surface area contributed by atoms with Gasteiger partial charge >= 0.3 is 6.09 Å². The summed E-state index contributed by atoms with van der Waals surface area (Å²) in [6, 6.07) is 0.455. The summed E-state index contributed by atoms with van der Waals surface area (Å²) in [6.45, 7) is 11.2. The Balaban J connectivity index is 1.53. The van der Waals surface area contributed by atoms with Crippen molar-refractivity contribution in [1.29, 1.82) is 0 Å². The highest BCUT2D eigenvalue weighted by Gasteiger charge is 2.52. The van der Waals surface area contributed by atoms with Crippen LogP contribution in [0.1, 0.15) is 66.2 Å². The Labute approximate surface area is 157 Å². The molecule has 2 bridgehead atoms. The van der Waals surface area contributed by atoms with Crippen LogP contribution < -0.4 is 5.32 Å². The van der Waals surface area contributed by atoms with Crippen LogP contribution in [0.5, 0.6) is 0 Å². The fraction of sp³-hybridized carbons (Fsp3) is 0.900. The lowest BCUT2D eigenvalue weighted by atomic mass is 9.88. The van der Waals surface area contributed by atoms with E-state index in [2.05, 4.69) is 17.1 Å². The summed E-state index contributed by atoms with van der Waals surface area (Å²) in [5.74, 6) is 0.0645. The number of piperidine rings is 1. The third-order valence-electron chi connectivity index (χ3n) is 5.95. The Morgan fingerprint density at radius 3 is 2.42 bits per heavy atom. The van der Waals surface area contributed by atoms with Crippen LogP contribution in [-0.4, -0.2) is 65.2 Å². The predicted octanol–water partition coefficient (Wildman–Crippen LogP) is 2.77. The molecule has 3 unspecified atom stereocenters. The summed E-state index contributed by atoms with van der Waals surface area (Å²) in [5.41, 5.74) is -0.497. The van der Waals surface area contributed by atoms with E-state index in [-0.39, 0.29) is 36.0 Å². The van der Waals surface area contributed by atoms with Crippen LogP contribution in [0, 0.1) is 5.92 Å². The average Bonchev–Trinajstić information content (AvgIpc) is 3.13. The summed E-state index contributed by atoms with van der Waals surface area (Å²) in [4.78, 5) is 29.7. The van der Waals surface area contributed by atoms with Gasteiger partial charge in [0.15, 0.2) is 0 Å². The molecular formula is C20H35N3O3. The molecule has 0 radical (unpaired) electrons. The van der Waals surface area contributed by atoms with Crippen molar-refractivity contribution in [2.45, 2.75) is 89.9 Å². The van der Waals surface area contributed by atoms with Crippen molar-refractivity contribution in [3.8, 4) is 0 Å². The zero-order chi connectivity index (χ0) is 18.9. The number of likely N-dealkylation sites (tertiary alicyclic amines) is 1. The molecule has 3 atom stereocenters. The maximum atomic E-state index is 12.9. The molecule has 0 saturated carbocycles. The molecule has 0 aromatic rings. The van der Waals surface area contributed by atoms with Gasteiger partial charge in [-0.3, -0.25) is 4.79 Å². The first-order chi connectivity index (χ1) is 12.3. The molecule has 0 spiro atoms. The molecule has 148 valence electrons. The summed E-state index contributed by atoms with van der Waals surface area (Å²) >= 11 is 0. The highest BCUT2D eigenvalue weighted by atomic mass is 16.6. The topological polar surface area (TPSA) is 61.9 Å². The average molecular weight is 366 g/mol. The van der Waals surface area contributed by atoms with Crippen molar-refractivity contribution >= 4 is 12.0 Å². The van der Waals surface area contributed by atoms with Gasteiger partial charge in [0.1, 0.15) is 5.60 Å². The number of nitrogens with zero attached hydrogens (tertiary/aromatic N) is 2. The molecule has 3 aliphatic rings. The highest BCUT2D eigenvalue weighted by Crippen LogP contribution is 2.42. The highest BCUT2D eigenvalue weighted by molar-refractivity contribution is 5.82. The molecule has 0 aromatic heterocycles. The SMILES string of the molecule is CCCN1CCC(NC(=O)C2CC3CCC2N3C(=O)OC(C)(C)C)CC1. The minimum atomic E-state index is -0.497. The standard InChI is InChI=1S/C20H35N3O3/c1-5-10-22-11-8-14(9-12-22)21-18(24)16-13-15-6-7-17(16)23(15)19(25)26-20(2,3)4/h14-17H,5-13H2,1-4H3,(H,21,24). The van der Waals surface area contributed by atoms with E-state index in [0.29, 0.717) is 0 Å². The first kappa shape index (κ1) is 19.5. The maximum absolute atomic E-state index is 12.9. The number of amides is 2. The Morgan fingerprint density at radius 1 is 1.12 bits per heavy atom. The van der Waals surface area contributed by atoms with E-state index >= 15 is 0 Å². The van der Waals surface area contributed by atoms with Crippen molar-refractivity contribution in [2.75, 3.05) is 19.6 Å². The smallest absolute Gasteiger partial charge is 0.410 e. The monoisotopic (exact) mass is 365 g/mol. The molecule has 2 amide bonds. The fourth-order valence-electron chi connectivity index (χ4n) is 4.80. The van der Waals surface area contributed by atoms with Gasteiger partial charge in [-0.05, 0) is 65.8 Å². The van der Waals surface area contributed by atoms with Gasteiger partial charge in [-0.25, -0.2) is 4.79 Å². The predicted molar refractivity (Wildman–Crippen MR) is 101 cm³/mol. The second-order valence-corrected chi connectivity index (χ2v) is 9.15. The van der Waals surface area contributed by atoms with Crippen LogP contribution in [0.3, 0.4) is 0 Å². The van der Waals surface area contributed by atoms with Crippen LogP contribution in [0.4, 0.5) is 4.79 Å². The van der Waals surface area contributed by atoms with Gasteiger partial charge in [0.2, 0.25) is 5.91 Å². The second kappa shape index (κ2) is 7.75. The molecule has 0 aliphatic carbocycles. The third-order valence-corrected chi connectivity index (χ3v) is 5.95. The van der Waals surface area contributed by atoms with Crippen molar-refractivity contribution in [3.05, 3.63) is 0 Å². The molecule has 1 N–H and O–H groups in total. The Bertz CT molecular complexity index is 523. The van der Waals surface area contributed by atoms with E-state index in [1.54, 1.807) is 0 Å². The molecular weight excluding hydrogens is 330 g/mol. The van der Waals surface area contributed by atoms with E-state index in [1.165, 1.54) is 6.42 Å². The van der Waals surface area contributed by atoms with Crippen molar-refractivity contribution < 1.29 is 14.3 Å². The third kappa shape index (κ3) is 4.33. The lowest BCUT2D eigenvalue weighted by Gasteiger charge is -2.33. The Hall–Kier alpha value is -1.30. The number of hydrogen-bond donors (Lipinski definition) is 1. The van der Waals surface area contributed by atoms with Gasteiger partial charge in [0.25, 0.3) is 0 Å². The van der Waals surface area contributed by atoms with Crippen LogP contribution in [0.15, 0.2) is 0 Å². The lowest BCUT2D eigenvalue weighted by Crippen LogP contribution is -2.48. The molecule has 0 aromatic carbocycles. The quantitative estimate of drug-likeness (QED) is 0.832. The van der Waals surface area contributed by atoms with E-state index in [0.717, 1.165) is 51.7 Å². The van der Waals surface area contributed by atoms with E-state index in [1.807, 2.05) is 25.7 Å². The molecule has 3 aliphatic heterocycles. The number of nitrogens with one attached hydrogen (secondary N) is 1. The van der Waals surface area contributed by atoms with E-state index in [4.69, 9.17) is 4.74 Å². The zero-order valence-corrected chi connectivity index (χ0v) is 16.8. The fourth-order valence-corrected chi connectivity index (χ4v) is 4.80. The summed E-state index contributed by atoms with van der Waals surface area (Å²) < 4.78 is 5.57. The Kier molecular flexibility index (Phi) is 5.80.